The molecule has 3 nitrogen and oxygen atoms in total. The lowest BCUT2D eigenvalue weighted by atomic mass is 10.0. The maximum absolute atomic E-state index is 6.20. The molecule has 1 aliphatic rings. The third kappa shape index (κ3) is 4.65. The van der Waals surface area contributed by atoms with Crippen LogP contribution in [0.3, 0.4) is 0 Å². The molecular weight excluding hydrogens is 270 g/mol. The number of anilines is 1. The highest BCUT2D eigenvalue weighted by Gasteiger charge is 2.19. The van der Waals surface area contributed by atoms with Crippen molar-refractivity contribution in [1.29, 1.82) is 0 Å². The van der Waals surface area contributed by atoms with Gasteiger partial charge < -0.3 is 10.6 Å². The molecule has 1 atom stereocenters. The Morgan fingerprint density at radius 3 is 2.50 bits per heavy atom. The Morgan fingerprint density at radius 2 is 1.90 bits per heavy atom. The van der Waals surface area contributed by atoms with Crippen LogP contribution in [0.25, 0.3) is 0 Å². The van der Waals surface area contributed by atoms with Gasteiger partial charge in [0.25, 0.3) is 0 Å². The van der Waals surface area contributed by atoms with Gasteiger partial charge in [0.1, 0.15) is 0 Å². The van der Waals surface area contributed by atoms with E-state index in [1.807, 2.05) is 18.2 Å². The van der Waals surface area contributed by atoms with E-state index in [-0.39, 0.29) is 0 Å². The summed E-state index contributed by atoms with van der Waals surface area (Å²) in [7, 11) is 0. The summed E-state index contributed by atoms with van der Waals surface area (Å²) in [6.07, 6.45) is 1.11. The molecular formula is C16H26ClN3. The quantitative estimate of drug-likeness (QED) is 0.907. The van der Waals surface area contributed by atoms with Crippen molar-refractivity contribution in [3.63, 3.8) is 0 Å². The molecule has 0 spiro atoms. The van der Waals surface area contributed by atoms with Crippen molar-refractivity contribution in [2.45, 2.75) is 26.3 Å². The van der Waals surface area contributed by atoms with E-state index < -0.39 is 0 Å². The second-order valence-electron chi connectivity index (χ2n) is 6.16. The molecule has 0 radical (unpaired) electrons. The van der Waals surface area contributed by atoms with Crippen molar-refractivity contribution in [1.82, 2.24) is 4.90 Å². The van der Waals surface area contributed by atoms with Crippen LogP contribution >= 0.6 is 11.6 Å². The number of nitrogens with zero attached hydrogens (tertiary/aromatic N) is 2. The normalized spacial score (nSPS) is 18.6. The van der Waals surface area contributed by atoms with Crippen LogP contribution in [0.1, 0.15) is 20.3 Å². The molecule has 0 bridgehead atoms. The molecule has 0 aromatic heterocycles. The first-order chi connectivity index (χ1) is 9.54. The summed E-state index contributed by atoms with van der Waals surface area (Å²) < 4.78 is 0. The summed E-state index contributed by atoms with van der Waals surface area (Å²) in [6, 6.07) is 8.41. The van der Waals surface area contributed by atoms with Gasteiger partial charge in [-0.3, -0.25) is 4.90 Å². The summed E-state index contributed by atoms with van der Waals surface area (Å²) in [5.74, 6) is 0.678. The molecule has 2 N–H and O–H groups in total. The summed E-state index contributed by atoms with van der Waals surface area (Å²) in [5, 5.41) is 0.809. The van der Waals surface area contributed by atoms with Gasteiger partial charge in [-0.25, -0.2) is 0 Å². The third-order valence-electron chi connectivity index (χ3n) is 3.81. The molecule has 1 aliphatic heterocycles. The van der Waals surface area contributed by atoms with Crippen LogP contribution in [0.2, 0.25) is 5.02 Å². The SMILES string of the molecule is CC(C)CC(N)CN1CCN(c2cccc(Cl)c2)CC1. The highest BCUT2D eigenvalue weighted by Crippen LogP contribution is 2.20. The highest BCUT2D eigenvalue weighted by atomic mass is 35.5. The van der Waals surface area contributed by atoms with Crippen molar-refractivity contribution < 1.29 is 0 Å². The van der Waals surface area contributed by atoms with Crippen molar-refractivity contribution in [3.8, 4) is 0 Å². The number of piperazine rings is 1. The van der Waals surface area contributed by atoms with Crippen molar-refractivity contribution in [2.24, 2.45) is 11.7 Å². The smallest absolute Gasteiger partial charge is 0.0426 e. The zero-order valence-electron chi connectivity index (χ0n) is 12.6. The van der Waals surface area contributed by atoms with Crippen LogP contribution in [0, 0.1) is 5.92 Å². The minimum absolute atomic E-state index is 0.299. The predicted octanol–water partition coefficient (Wildman–Crippen LogP) is 2.84. The topological polar surface area (TPSA) is 32.5 Å². The van der Waals surface area contributed by atoms with Crippen LogP contribution in [-0.4, -0.2) is 43.7 Å². The molecule has 4 heteroatoms. The Hall–Kier alpha value is -0.770. The molecule has 1 fully saturated rings. The Labute approximate surface area is 127 Å². The molecule has 1 aromatic rings. The lowest BCUT2D eigenvalue weighted by Crippen LogP contribution is -2.50. The van der Waals surface area contributed by atoms with Gasteiger partial charge in [-0.05, 0) is 30.5 Å². The standard InChI is InChI=1S/C16H26ClN3/c1-13(2)10-15(18)12-19-6-8-20(9-7-19)16-5-3-4-14(17)11-16/h3-5,11,13,15H,6-10,12,18H2,1-2H3. The number of benzene rings is 1. The Balaban J connectivity index is 1.80. The molecule has 0 aliphatic carbocycles. The van der Waals surface area contributed by atoms with Crippen LogP contribution < -0.4 is 10.6 Å². The molecule has 1 heterocycles. The number of halogens is 1. The molecule has 1 unspecified atom stereocenters. The summed E-state index contributed by atoms with van der Waals surface area (Å²) in [6.45, 7) is 9.75. The molecule has 0 saturated carbocycles. The number of hydrogen-bond donors (Lipinski definition) is 1. The Morgan fingerprint density at radius 1 is 1.20 bits per heavy atom. The van der Waals surface area contributed by atoms with E-state index in [1.54, 1.807) is 0 Å². The monoisotopic (exact) mass is 295 g/mol. The average molecular weight is 296 g/mol. The second-order valence-corrected chi connectivity index (χ2v) is 6.59. The van der Waals surface area contributed by atoms with Gasteiger partial charge >= 0.3 is 0 Å². The van der Waals surface area contributed by atoms with Crippen LogP contribution in [0.4, 0.5) is 5.69 Å². The molecule has 20 heavy (non-hydrogen) atoms. The molecule has 1 aromatic carbocycles. The minimum Gasteiger partial charge on any atom is -0.369 e. The highest BCUT2D eigenvalue weighted by molar-refractivity contribution is 6.30. The fourth-order valence-corrected chi connectivity index (χ4v) is 3.06. The van der Waals surface area contributed by atoms with Gasteiger partial charge in [-0.1, -0.05) is 31.5 Å². The third-order valence-corrected chi connectivity index (χ3v) is 4.05. The first-order valence-corrected chi connectivity index (χ1v) is 7.91. The molecule has 1 saturated heterocycles. The number of rotatable bonds is 5. The zero-order chi connectivity index (χ0) is 14.5. The van der Waals surface area contributed by atoms with Crippen LogP contribution in [0.5, 0.6) is 0 Å². The second kappa shape index (κ2) is 7.30. The average Bonchev–Trinajstić information content (AvgIpc) is 2.38. The van der Waals surface area contributed by atoms with Crippen molar-refractivity contribution in [3.05, 3.63) is 29.3 Å². The molecule has 2 rings (SSSR count). The van der Waals surface area contributed by atoms with Gasteiger partial charge in [0, 0.05) is 49.5 Å². The molecule has 112 valence electrons. The maximum Gasteiger partial charge on any atom is 0.0426 e. The fraction of sp³-hybridized carbons (Fsp3) is 0.625. The molecule has 0 amide bonds. The maximum atomic E-state index is 6.20. The summed E-state index contributed by atoms with van der Waals surface area (Å²) in [4.78, 5) is 4.88. The van der Waals surface area contributed by atoms with Gasteiger partial charge in [-0.2, -0.15) is 0 Å². The first-order valence-electron chi connectivity index (χ1n) is 7.53. The van der Waals surface area contributed by atoms with E-state index in [4.69, 9.17) is 17.3 Å². The minimum atomic E-state index is 0.299. The van der Waals surface area contributed by atoms with Gasteiger partial charge in [-0.15, -0.1) is 0 Å². The summed E-state index contributed by atoms with van der Waals surface area (Å²) >= 11 is 6.06. The Bertz CT molecular complexity index is 414. The van der Waals surface area contributed by atoms with E-state index >= 15 is 0 Å². The summed E-state index contributed by atoms with van der Waals surface area (Å²) in [5.41, 5.74) is 7.42. The van der Waals surface area contributed by atoms with E-state index in [1.165, 1.54) is 5.69 Å². The predicted molar refractivity (Wildman–Crippen MR) is 87.5 cm³/mol. The van der Waals surface area contributed by atoms with Gasteiger partial charge in [0.15, 0.2) is 0 Å². The first kappa shape index (κ1) is 15.6. The van der Waals surface area contributed by atoms with Gasteiger partial charge in [0.05, 0.1) is 0 Å². The lowest BCUT2D eigenvalue weighted by molar-refractivity contribution is 0.233. The zero-order valence-corrected chi connectivity index (χ0v) is 13.3. The number of hydrogen-bond acceptors (Lipinski definition) is 3. The van der Waals surface area contributed by atoms with E-state index in [2.05, 4.69) is 29.7 Å². The lowest BCUT2D eigenvalue weighted by Gasteiger charge is -2.37. The van der Waals surface area contributed by atoms with Crippen molar-refractivity contribution >= 4 is 17.3 Å². The Kier molecular flexibility index (Phi) is 5.70. The van der Waals surface area contributed by atoms with E-state index in [0.717, 1.165) is 44.2 Å². The van der Waals surface area contributed by atoms with Crippen molar-refractivity contribution in [2.75, 3.05) is 37.6 Å². The van der Waals surface area contributed by atoms with Crippen LogP contribution in [0.15, 0.2) is 24.3 Å². The van der Waals surface area contributed by atoms with Gasteiger partial charge in [0.2, 0.25) is 0 Å². The largest absolute Gasteiger partial charge is 0.369 e. The number of nitrogens with two attached hydrogens (primary N) is 1. The van der Waals surface area contributed by atoms with E-state index in [9.17, 15) is 0 Å². The fourth-order valence-electron chi connectivity index (χ4n) is 2.87. The van der Waals surface area contributed by atoms with Crippen LogP contribution in [-0.2, 0) is 0 Å². The van der Waals surface area contributed by atoms with E-state index in [0.29, 0.717) is 12.0 Å².